The van der Waals surface area contributed by atoms with E-state index in [1.807, 2.05) is 26.0 Å². The maximum atomic E-state index is 11.1. The minimum Gasteiger partial charge on any atom is -0.463 e. The molecule has 104 valence electrons. The highest BCUT2D eigenvalue weighted by molar-refractivity contribution is 6.83. The lowest BCUT2D eigenvalue weighted by Gasteiger charge is -2.02. The highest BCUT2D eigenvalue weighted by Crippen LogP contribution is 2.03. The lowest BCUT2D eigenvalue weighted by molar-refractivity contribution is -0.137. The molecule has 0 aromatic rings. The molecule has 0 aliphatic carbocycles. The number of hydrogen-bond acceptors (Lipinski definition) is 2. The first-order valence-corrected chi connectivity index (χ1v) is 9.97. The Morgan fingerprint density at radius 3 is 2.32 bits per heavy atom. The lowest BCUT2D eigenvalue weighted by Crippen LogP contribution is -2.16. The smallest absolute Gasteiger partial charge is 0.330 e. The van der Waals surface area contributed by atoms with Gasteiger partial charge in [-0.25, -0.2) is 4.79 Å². The van der Waals surface area contributed by atoms with Gasteiger partial charge in [-0.1, -0.05) is 43.3 Å². The minimum atomic E-state index is -1.30. The van der Waals surface area contributed by atoms with E-state index < -0.39 is 8.07 Å². The summed E-state index contributed by atoms with van der Waals surface area (Å²) in [5.41, 5.74) is 5.36. The van der Waals surface area contributed by atoms with Crippen LogP contribution in [0.4, 0.5) is 0 Å². The molecule has 0 aromatic heterocycles. The summed E-state index contributed by atoms with van der Waals surface area (Å²) in [6, 6.07) is 0. The first kappa shape index (κ1) is 17.5. The molecule has 0 atom stereocenters. The van der Waals surface area contributed by atoms with Gasteiger partial charge in [0.2, 0.25) is 0 Å². The van der Waals surface area contributed by atoms with Gasteiger partial charge in [-0.3, -0.25) is 0 Å². The number of ether oxygens (including phenoxy) is 1. The van der Waals surface area contributed by atoms with Crippen molar-refractivity contribution in [2.45, 2.75) is 40.4 Å². The molecule has 0 radical (unpaired) electrons. The molecule has 0 saturated heterocycles. The number of carbonyl (C=O) groups is 1. The molecule has 0 bridgehead atoms. The predicted octanol–water partition coefficient (Wildman–Crippen LogP) is 3.88. The van der Waals surface area contributed by atoms with Crippen LogP contribution in [-0.4, -0.2) is 20.7 Å². The van der Waals surface area contributed by atoms with Crippen LogP contribution in [0.15, 0.2) is 35.5 Å². The van der Waals surface area contributed by atoms with Crippen molar-refractivity contribution >= 4 is 14.0 Å². The molecule has 0 unspecified atom stereocenters. The lowest BCUT2D eigenvalue weighted by atomic mass is 10.2. The summed E-state index contributed by atoms with van der Waals surface area (Å²) in [4.78, 5) is 11.1. The van der Waals surface area contributed by atoms with Crippen molar-refractivity contribution < 1.29 is 9.53 Å². The van der Waals surface area contributed by atoms with Crippen molar-refractivity contribution in [1.82, 2.24) is 0 Å². The van der Waals surface area contributed by atoms with Gasteiger partial charge in [-0.05, 0) is 32.4 Å². The first-order valence-electron chi connectivity index (χ1n) is 6.47. The van der Waals surface area contributed by atoms with Gasteiger partial charge >= 0.3 is 5.97 Å². The van der Waals surface area contributed by atoms with Crippen LogP contribution >= 0.6 is 0 Å². The molecule has 0 fully saturated rings. The first-order chi connectivity index (χ1) is 8.74. The molecule has 19 heavy (non-hydrogen) atoms. The molecule has 0 aliphatic rings. The van der Waals surface area contributed by atoms with E-state index in [1.54, 1.807) is 13.0 Å². The van der Waals surface area contributed by atoms with Gasteiger partial charge in [0, 0.05) is 6.08 Å². The SMILES string of the molecule is CCOC(=O)/C=C/C(C)=C/C(C)=C/C#C[Si](C)(C)C. The van der Waals surface area contributed by atoms with Crippen molar-refractivity contribution in [3.63, 3.8) is 0 Å². The fraction of sp³-hybridized carbons (Fsp3) is 0.438. The second kappa shape index (κ2) is 8.55. The Kier molecular flexibility index (Phi) is 7.86. The molecule has 3 heteroatoms. The zero-order valence-corrected chi connectivity index (χ0v) is 13.8. The summed E-state index contributed by atoms with van der Waals surface area (Å²) in [5.74, 6) is 2.80. The van der Waals surface area contributed by atoms with E-state index >= 15 is 0 Å². The molecular weight excluding hydrogens is 252 g/mol. The van der Waals surface area contributed by atoms with Gasteiger partial charge in [0.25, 0.3) is 0 Å². The number of allylic oxidation sites excluding steroid dienone is 5. The Hall–Kier alpha value is -1.53. The molecule has 0 amide bonds. The molecule has 0 aromatic carbocycles. The molecule has 0 aliphatic heterocycles. The zero-order valence-electron chi connectivity index (χ0n) is 12.8. The molecule has 0 N–H and O–H groups in total. The van der Waals surface area contributed by atoms with E-state index in [-0.39, 0.29) is 5.97 Å². The van der Waals surface area contributed by atoms with Crippen LogP contribution in [0.2, 0.25) is 19.6 Å². The second-order valence-electron chi connectivity index (χ2n) is 5.38. The molecule has 2 nitrogen and oxygen atoms in total. The van der Waals surface area contributed by atoms with Gasteiger partial charge in [0.05, 0.1) is 6.61 Å². The monoisotopic (exact) mass is 276 g/mol. The molecular formula is C16H24O2Si. The number of hydrogen-bond donors (Lipinski definition) is 0. The second-order valence-corrected chi connectivity index (χ2v) is 10.1. The quantitative estimate of drug-likeness (QED) is 0.256. The van der Waals surface area contributed by atoms with Crippen molar-refractivity contribution in [2.24, 2.45) is 0 Å². The Labute approximate surface area is 118 Å². The van der Waals surface area contributed by atoms with Gasteiger partial charge in [-0.15, -0.1) is 5.54 Å². The highest BCUT2D eigenvalue weighted by Gasteiger charge is 2.06. The van der Waals surface area contributed by atoms with Gasteiger partial charge in [-0.2, -0.15) is 0 Å². The number of rotatable bonds is 4. The summed E-state index contributed by atoms with van der Waals surface area (Å²) in [6.07, 6.45) is 7.10. The van der Waals surface area contributed by atoms with Crippen molar-refractivity contribution in [1.29, 1.82) is 0 Å². The zero-order chi connectivity index (χ0) is 14.9. The van der Waals surface area contributed by atoms with Crippen LogP contribution in [0.25, 0.3) is 0 Å². The Balaban J connectivity index is 4.62. The largest absolute Gasteiger partial charge is 0.463 e. The third kappa shape index (κ3) is 11.3. The Bertz CT molecular complexity index is 451. The predicted molar refractivity (Wildman–Crippen MR) is 84.4 cm³/mol. The van der Waals surface area contributed by atoms with E-state index in [2.05, 4.69) is 31.1 Å². The Morgan fingerprint density at radius 2 is 1.79 bits per heavy atom. The molecule has 0 saturated carbocycles. The van der Waals surface area contributed by atoms with Crippen LogP contribution in [0.5, 0.6) is 0 Å². The van der Waals surface area contributed by atoms with Gasteiger partial charge < -0.3 is 4.74 Å². The summed E-state index contributed by atoms with van der Waals surface area (Å²) >= 11 is 0. The number of carbonyl (C=O) groups excluding carboxylic acids is 1. The summed E-state index contributed by atoms with van der Waals surface area (Å²) in [7, 11) is -1.30. The average Bonchev–Trinajstić information content (AvgIpc) is 2.25. The third-order valence-electron chi connectivity index (χ3n) is 1.97. The van der Waals surface area contributed by atoms with Crippen molar-refractivity contribution in [3.8, 4) is 11.5 Å². The summed E-state index contributed by atoms with van der Waals surface area (Å²) in [5, 5.41) is 0. The summed E-state index contributed by atoms with van der Waals surface area (Å²) in [6.45, 7) is 12.8. The van der Waals surface area contributed by atoms with Crippen LogP contribution in [0.1, 0.15) is 20.8 Å². The van der Waals surface area contributed by atoms with Crippen LogP contribution in [0, 0.1) is 11.5 Å². The van der Waals surface area contributed by atoms with E-state index in [1.165, 1.54) is 6.08 Å². The molecule has 0 spiro atoms. The standard InChI is InChI=1S/C16H24O2Si/c1-7-18-16(17)11-10-15(3)13-14(2)9-8-12-19(4,5)6/h9-11,13H,7H2,1-6H3/b11-10+,14-9+,15-13+. The maximum absolute atomic E-state index is 11.1. The van der Waals surface area contributed by atoms with Crippen LogP contribution in [-0.2, 0) is 9.53 Å². The minimum absolute atomic E-state index is 0.310. The highest BCUT2D eigenvalue weighted by atomic mass is 28.3. The van der Waals surface area contributed by atoms with E-state index in [0.717, 1.165) is 11.1 Å². The fourth-order valence-electron chi connectivity index (χ4n) is 1.21. The fourth-order valence-corrected chi connectivity index (χ4v) is 1.71. The van der Waals surface area contributed by atoms with Gasteiger partial charge in [0.15, 0.2) is 0 Å². The molecule has 0 heterocycles. The Morgan fingerprint density at radius 1 is 1.16 bits per heavy atom. The van der Waals surface area contributed by atoms with E-state index in [4.69, 9.17) is 4.74 Å². The molecule has 0 rings (SSSR count). The third-order valence-corrected chi connectivity index (χ3v) is 2.87. The van der Waals surface area contributed by atoms with Crippen LogP contribution < -0.4 is 0 Å². The van der Waals surface area contributed by atoms with Crippen molar-refractivity contribution in [2.75, 3.05) is 6.61 Å². The maximum Gasteiger partial charge on any atom is 0.330 e. The van der Waals surface area contributed by atoms with Crippen molar-refractivity contribution in [3.05, 3.63) is 35.5 Å². The average molecular weight is 276 g/mol. The summed E-state index contributed by atoms with van der Waals surface area (Å²) < 4.78 is 4.81. The van der Waals surface area contributed by atoms with E-state index in [0.29, 0.717) is 6.61 Å². The van der Waals surface area contributed by atoms with Crippen LogP contribution in [0.3, 0.4) is 0 Å². The number of esters is 1. The topological polar surface area (TPSA) is 26.3 Å². The normalized spacial score (nSPS) is 13.2. The van der Waals surface area contributed by atoms with E-state index in [9.17, 15) is 4.79 Å². The van der Waals surface area contributed by atoms with Gasteiger partial charge in [0.1, 0.15) is 8.07 Å².